The standard InChI is InChI=1S/C23H18O9/c24-12-8-17(26)15-10-20(32-23(30)14-4-2-1-3-13(14)22(28)29)21(31-19(15)9-12)11-5-6-16(25)18(27)7-11/h1-9,20-21,24-27H,10H2,(H,28,29)/t20-,21+/m0/s1. The van der Waals surface area contributed by atoms with Gasteiger partial charge >= 0.3 is 11.9 Å². The van der Waals surface area contributed by atoms with E-state index in [1.165, 1.54) is 48.5 Å². The quantitative estimate of drug-likeness (QED) is 0.305. The van der Waals surface area contributed by atoms with Crippen LogP contribution < -0.4 is 4.74 Å². The molecule has 32 heavy (non-hydrogen) atoms. The number of benzene rings is 3. The van der Waals surface area contributed by atoms with Gasteiger partial charge in [0.05, 0.1) is 11.1 Å². The molecule has 0 amide bonds. The fourth-order valence-corrected chi connectivity index (χ4v) is 3.60. The van der Waals surface area contributed by atoms with Crippen LogP contribution in [0.3, 0.4) is 0 Å². The summed E-state index contributed by atoms with van der Waals surface area (Å²) in [7, 11) is 0. The molecule has 0 aliphatic carbocycles. The van der Waals surface area contributed by atoms with Gasteiger partial charge in [-0.15, -0.1) is 0 Å². The van der Waals surface area contributed by atoms with Crippen molar-refractivity contribution in [2.45, 2.75) is 18.6 Å². The molecule has 1 aliphatic heterocycles. The minimum Gasteiger partial charge on any atom is -0.508 e. The van der Waals surface area contributed by atoms with Gasteiger partial charge in [-0.2, -0.15) is 0 Å². The zero-order chi connectivity index (χ0) is 23.0. The third-order valence-corrected chi connectivity index (χ3v) is 5.13. The maximum Gasteiger partial charge on any atom is 0.339 e. The number of carbonyl (C=O) groups is 2. The number of ether oxygens (including phenoxy) is 2. The van der Waals surface area contributed by atoms with E-state index in [9.17, 15) is 35.1 Å². The summed E-state index contributed by atoms with van der Waals surface area (Å²) >= 11 is 0. The first kappa shape index (κ1) is 20.9. The Morgan fingerprint density at radius 1 is 0.875 bits per heavy atom. The second kappa shape index (κ2) is 8.03. The maximum absolute atomic E-state index is 12.9. The third kappa shape index (κ3) is 3.83. The molecule has 0 saturated carbocycles. The van der Waals surface area contributed by atoms with Gasteiger partial charge in [-0.1, -0.05) is 18.2 Å². The summed E-state index contributed by atoms with van der Waals surface area (Å²) in [4.78, 5) is 24.3. The van der Waals surface area contributed by atoms with E-state index in [1.54, 1.807) is 0 Å². The summed E-state index contributed by atoms with van der Waals surface area (Å²) in [5.74, 6) is -3.33. The first-order valence-electron chi connectivity index (χ1n) is 9.51. The zero-order valence-electron chi connectivity index (χ0n) is 16.4. The SMILES string of the molecule is O=C(O)c1ccccc1C(=O)O[C@H]1Cc2c(O)cc(O)cc2O[C@@H]1c1ccc(O)c(O)c1. The first-order valence-corrected chi connectivity index (χ1v) is 9.51. The molecule has 0 spiro atoms. The van der Waals surface area contributed by atoms with Crippen LogP contribution >= 0.6 is 0 Å². The number of carbonyl (C=O) groups excluding carboxylic acids is 1. The number of phenolic OH excluding ortho intramolecular Hbond substituents is 4. The number of aromatic hydroxyl groups is 4. The molecule has 3 aromatic carbocycles. The van der Waals surface area contributed by atoms with Crippen molar-refractivity contribution in [2.75, 3.05) is 0 Å². The average Bonchev–Trinajstić information content (AvgIpc) is 2.75. The van der Waals surface area contributed by atoms with Gasteiger partial charge in [-0.3, -0.25) is 0 Å². The number of esters is 1. The van der Waals surface area contributed by atoms with E-state index in [4.69, 9.17) is 9.47 Å². The van der Waals surface area contributed by atoms with E-state index in [-0.39, 0.29) is 46.1 Å². The molecule has 9 heteroatoms. The molecule has 9 nitrogen and oxygen atoms in total. The smallest absolute Gasteiger partial charge is 0.339 e. The molecule has 5 N–H and O–H groups in total. The maximum atomic E-state index is 12.9. The van der Waals surface area contributed by atoms with Crippen molar-refractivity contribution in [1.29, 1.82) is 0 Å². The Morgan fingerprint density at radius 3 is 2.28 bits per heavy atom. The summed E-state index contributed by atoms with van der Waals surface area (Å²) in [6, 6.07) is 11.9. The van der Waals surface area contributed by atoms with Crippen LogP contribution in [-0.2, 0) is 11.2 Å². The monoisotopic (exact) mass is 438 g/mol. The Morgan fingerprint density at radius 2 is 1.59 bits per heavy atom. The molecule has 1 heterocycles. The Bertz CT molecular complexity index is 1220. The average molecular weight is 438 g/mol. The van der Waals surface area contributed by atoms with E-state index >= 15 is 0 Å². The number of rotatable bonds is 4. The van der Waals surface area contributed by atoms with Crippen LogP contribution in [0, 0.1) is 0 Å². The Kier molecular flexibility index (Phi) is 5.23. The molecule has 164 valence electrons. The molecule has 4 rings (SSSR count). The van der Waals surface area contributed by atoms with E-state index in [0.717, 1.165) is 6.07 Å². The second-order valence-electron chi connectivity index (χ2n) is 7.23. The number of aromatic carboxylic acids is 1. The van der Waals surface area contributed by atoms with Crippen LogP contribution in [0.2, 0.25) is 0 Å². The van der Waals surface area contributed by atoms with Crippen molar-refractivity contribution in [2.24, 2.45) is 0 Å². The summed E-state index contributed by atoms with van der Waals surface area (Å²) in [6.07, 6.45) is -2.04. The van der Waals surface area contributed by atoms with E-state index in [2.05, 4.69) is 0 Å². The molecule has 0 fully saturated rings. The summed E-state index contributed by atoms with van der Waals surface area (Å²) < 4.78 is 11.5. The number of carboxylic acid groups (broad SMARTS) is 1. The molecule has 0 unspecified atom stereocenters. The fraction of sp³-hybridized carbons (Fsp3) is 0.130. The summed E-state index contributed by atoms with van der Waals surface area (Å²) in [6.45, 7) is 0. The van der Waals surface area contributed by atoms with Crippen molar-refractivity contribution < 1.29 is 44.6 Å². The van der Waals surface area contributed by atoms with Gasteiger partial charge in [-0.05, 0) is 24.3 Å². The lowest BCUT2D eigenvalue weighted by Gasteiger charge is -2.34. The topological polar surface area (TPSA) is 154 Å². The largest absolute Gasteiger partial charge is 0.508 e. The Balaban J connectivity index is 1.74. The second-order valence-corrected chi connectivity index (χ2v) is 7.23. The highest BCUT2D eigenvalue weighted by Crippen LogP contribution is 2.44. The van der Waals surface area contributed by atoms with Crippen LogP contribution in [0.1, 0.15) is 37.9 Å². The number of hydrogen-bond donors (Lipinski definition) is 5. The normalized spacial score (nSPS) is 17.1. The Hall–Kier alpha value is -4.40. The molecule has 0 saturated heterocycles. The zero-order valence-corrected chi connectivity index (χ0v) is 16.4. The Labute approximate surface area is 181 Å². The number of carboxylic acids is 1. The van der Waals surface area contributed by atoms with E-state index in [0.29, 0.717) is 5.56 Å². The lowest BCUT2D eigenvalue weighted by atomic mass is 9.93. The van der Waals surface area contributed by atoms with E-state index < -0.39 is 29.9 Å². The lowest BCUT2D eigenvalue weighted by Crippen LogP contribution is -2.35. The van der Waals surface area contributed by atoms with Crippen molar-refractivity contribution in [1.82, 2.24) is 0 Å². The predicted octanol–water partition coefficient (Wildman–Crippen LogP) is 3.11. The molecule has 3 aromatic rings. The number of hydrogen-bond acceptors (Lipinski definition) is 8. The van der Waals surface area contributed by atoms with Crippen LogP contribution in [0.25, 0.3) is 0 Å². The summed E-state index contributed by atoms with van der Waals surface area (Å²) in [5.41, 5.74) is 0.235. The molecule has 0 bridgehead atoms. The minimum absolute atomic E-state index is 0.0191. The fourth-order valence-electron chi connectivity index (χ4n) is 3.60. The molecule has 0 radical (unpaired) electrons. The van der Waals surface area contributed by atoms with Gasteiger partial charge < -0.3 is 35.0 Å². The van der Waals surface area contributed by atoms with Gasteiger partial charge in [0.2, 0.25) is 0 Å². The molecular formula is C23H18O9. The van der Waals surface area contributed by atoms with Crippen molar-refractivity contribution in [3.8, 4) is 28.7 Å². The van der Waals surface area contributed by atoms with Crippen LogP contribution in [0.5, 0.6) is 28.7 Å². The number of fused-ring (bicyclic) bond motifs is 1. The first-order chi connectivity index (χ1) is 15.2. The molecule has 2 atom stereocenters. The molecule has 1 aliphatic rings. The van der Waals surface area contributed by atoms with Crippen molar-refractivity contribution in [3.63, 3.8) is 0 Å². The number of phenols is 4. The van der Waals surface area contributed by atoms with Gasteiger partial charge in [0.15, 0.2) is 17.6 Å². The van der Waals surface area contributed by atoms with Gasteiger partial charge in [-0.25, -0.2) is 9.59 Å². The van der Waals surface area contributed by atoms with Crippen LogP contribution in [0.15, 0.2) is 54.6 Å². The van der Waals surface area contributed by atoms with Gasteiger partial charge in [0, 0.05) is 29.7 Å². The molecular weight excluding hydrogens is 420 g/mol. The summed E-state index contributed by atoms with van der Waals surface area (Å²) in [5, 5.41) is 48.9. The van der Waals surface area contributed by atoms with Crippen LogP contribution in [0.4, 0.5) is 0 Å². The highest BCUT2D eigenvalue weighted by Gasteiger charge is 2.37. The third-order valence-electron chi connectivity index (χ3n) is 5.13. The van der Waals surface area contributed by atoms with Crippen molar-refractivity contribution >= 4 is 11.9 Å². The molecule has 0 aromatic heterocycles. The van der Waals surface area contributed by atoms with E-state index in [1.807, 2.05) is 0 Å². The highest BCUT2D eigenvalue weighted by atomic mass is 16.6. The van der Waals surface area contributed by atoms with Gasteiger partial charge in [0.25, 0.3) is 0 Å². The lowest BCUT2D eigenvalue weighted by molar-refractivity contribution is -0.0190. The van der Waals surface area contributed by atoms with Crippen molar-refractivity contribution in [3.05, 3.63) is 76.9 Å². The van der Waals surface area contributed by atoms with Gasteiger partial charge in [0.1, 0.15) is 23.4 Å². The predicted molar refractivity (Wildman–Crippen MR) is 109 cm³/mol. The van der Waals surface area contributed by atoms with Crippen LogP contribution in [-0.4, -0.2) is 43.6 Å². The highest BCUT2D eigenvalue weighted by molar-refractivity contribution is 6.02. The minimum atomic E-state index is -1.30.